The van der Waals surface area contributed by atoms with Crippen molar-refractivity contribution in [2.75, 3.05) is 36.9 Å². The number of hydrogen-bond acceptors (Lipinski definition) is 21. The van der Waals surface area contributed by atoms with Gasteiger partial charge in [0.15, 0.2) is 28.6 Å². The van der Waals surface area contributed by atoms with Gasteiger partial charge in [0.2, 0.25) is 11.9 Å². The molecule has 5 unspecified atom stereocenters. The summed E-state index contributed by atoms with van der Waals surface area (Å²) in [6.45, 7) is 8.70. The van der Waals surface area contributed by atoms with Crippen molar-refractivity contribution in [1.82, 2.24) is 35.8 Å². The summed E-state index contributed by atoms with van der Waals surface area (Å²) in [6, 6.07) is 53.3. The Morgan fingerprint density at radius 2 is 1.03 bits per heavy atom. The van der Waals surface area contributed by atoms with Crippen LogP contribution < -0.4 is 30.6 Å². The minimum absolute atomic E-state index is 0.0778. The number of carbonyl (C=O) groups excluding carboxylic acids is 8. The van der Waals surface area contributed by atoms with Crippen molar-refractivity contribution in [3.63, 3.8) is 0 Å². The number of aromatic nitrogens is 4. The van der Waals surface area contributed by atoms with Gasteiger partial charge in [-0.05, 0) is 189 Å². The van der Waals surface area contributed by atoms with Gasteiger partial charge in [-0.1, -0.05) is 173 Å². The Bertz CT molecular complexity index is 6440. The summed E-state index contributed by atoms with van der Waals surface area (Å²) >= 11 is 26.3. The fourth-order valence-corrected chi connectivity index (χ4v) is 20.0. The number of rotatable bonds is 35. The van der Waals surface area contributed by atoms with Crippen LogP contribution in [0.5, 0.6) is 11.5 Å². The number of halogens is 4. The molecule has 5 heterocycles. The van der Waals surface area contributed by atoms with Crippen LogP contribution in [0.1, 0.15) is 139 Å². The van der Waals surface area contributed by atoms with Crippen molar-refractivity contribution in [1.29, 1.82) is 0 Å². The number of carbonyl (C=O) groups is 11. The molecule has 4 amide bonds. The average molecular weight is 1920 g/mol. The Kier molecular flexibility index (Phi) is 32.8. The number of H-pyrrole nitrogens is 2. The first kappa shape index (κ1) is 98.2. The van der Waals surface area contributed by atoms with Crippen LogP contribution in [0.2, 0.25) is 20.1 Å². The number of nitrogens with one attached hydrogen (secondary N) is 7. The molecule has 4 aromatic heterocycles. The lowest BCUT2D eigenvalue weighted by Gasteiger charge is -2.24. The fourth-order valence-electron chi connectivity index (χ4n) is 15.4. The van der Waals surface area contributed by atoms with Crippen LogP contribution in [0.15, 0.2) is 217 Å². The van der Waals surface area contributed by atoms with Gasteiger partial charge in [-0.2, -0.15) is 8.42 Å². The fraction of sp³-hybridized carbons (Fsp3) is 0.227. The number of Topliss-reactive ketones (excluding diaryl/α,β-unsaturated/α-hetero) is 4. The number of benzene rings is 9. The zero-order valence-corrected chi connectivity index (χ0v) is 76.8. The topological polar surface area (TPSA) is 453 Å². The highest BCUT2D eigenvalue weighted by Gasteiger charge is 2.40. The molecule has 0 radical (unpaired) electrons. The molecule has 0 spiro atoms. The molecular formula is C97H91Cl4N10O20S2+. The Morgan fingerprint density at radius 3 is 1.51 bits per heavy atom. The lowest BCUT2D eigenvalue weighted by Crippen LogP contribution is -2.49. The number of likely N-dealkylation sites (tertiary alicyclic amines) is 1. The van der Waals surface area contributed by atoms with Crippen LogP contribution in [-0.2, 0) is 58.1 Å². The zero-order chi connectivity index (χ0) is 95.6. The number of anilines is 2. The van der Waals surface area contributed by atoms with Crippen LogP contribution >= 0.6 is 57.7 Å². The van der Waals surface area contributed by atoms with E-state index < -0.39 is 107 Å². The van der Waals surface area contributed by atoms with Gasteiger partial charge in [0.25, 0.3) is 11.8 Å². The molecule has 14 rings (SSSR count). The number of carboxylic acid groups (broad SMARTS) is 3. The van der Waals surface area contributed by atoms with Crippen molar-refractivity contribution in [2.45, 2.75) is 121 Å². The molecule has 30 nitrogen and oxygen atoms in total. The zero-order valence-electron chi connectivity index (χ0n) is 72.1. The number of aromatic amines is 2. The van der Waals surface area contributed by atoms with Crippen molar-refractivity contribution < 1.29 is 100 Å². The molecule has 133 heavy (non-hydrogen) atoms. The number of thiazole rings is 1. The molecule has 1 aliphatic heterocycles. The van der Waals surface area contributed by atoms with E-state index in [0.717, 1.165) is 59.4 Å². The summed E-state index contributed by atoms with van der Waals surface area (Å²) in [4.78, 5) is 152. The van der Waals surface area contributed by atoms with Crippen molar-refractivity contribution >= 4 is 176 Å². The highest BCUT2D eigenvalue weighted by atomic mass is 35.5. The molecule has 1 fully saturated rings. The minimum Gasteiger partial charge on any atom is -0.508 e. The lowest BCUT2D eigenvalue weighted by atomic mass is 9.98. The van der Waals surface area contributed by atoms with Gasteiger partial charge in [-0.3, -0.25) is 33.6 Å². The maximum Gasteiger partial charge on any atom is 0.410 e. The Labute approximate surface area is 786 Å². The number of aromatic hydroxyl groups is 2. The summed E-state index contributed by atoms with van der Waals surface area (Å²) in [5.41, 5.74) is 8.08. The maximum atomic E-state index is 14.3. The van der Waals surface area contributed by atoms with E-state index in [0.29, 0.717) is 64.1 Å². The molecule has 13 aromatic rings. The number of nitrogens with zero attached hydrogens (tertiary/aromatic N) is 3. The summed E-state index contributed by atoms with van der Waals surface area (Å²) in [5.74, 6) is -7.15. The van der Waals surface area contributed by atoms with Crippen LogP contribution in [0.4, 0.5) is 15.7 Å². The van der Waals surface area contributed by atoms with E-state index in [9.17, 15) is 86.7 Å². The van der Waals surface area contributed by atoms with E-state index in [4.69, 9.17) is 55.9 Å². The van der Waals surface area contributed by atoms with Crippen molar-refractivity contribution in [3.8, 4) is 11.5 Å². The number of para-hydroxylation sites is 3. The van der Waals surface area contributed by atoms with Crippen LogP contribution in [0.3, 0.4) is 0 Å². The number of carboxylic acids is 3. The Hall–Kier alpha value is -13.9. The third-order valence-electron chi connectivity index (χ3n) is 21.9. The lowest BCUT2D eigenvalue weighted by molar-refractivity contribution is -0.460. The Balaban J connectivity index is 0.000000184. The number of pyridine rings is 1. The van der Waals surface area contributed by atoms with Crippen LogP contribution in [0.25, 0.3) is 32.0 Å². The van der Waals surface area contributed by atoms with Crippen LogP contribution in [-0.4, -0.2) is 175 Å². The van der Waals surface area contributed by atoms with Gasteiger partial charge in [-0.15, -0.1) is 3.97 Å². The number of phenolic OH excluding ortho intramolecular Hbond substituents is 2. The molecule has 1 aliphatic rings. The summed E-state index contributed by atoms with van der Waals surface area (Å²) in [6.07, 6.45) is 0.812. The first-order chi connectivity index (χ1) is 63.5. The molecule has 12 N–H and O–H groups in total. The number of amides is 4. The summed E-state index contributed by atoms with van der Waals surface area (Å²) in [5, 5.41) is 63.5. The number of aliphatic carboxylic acids is 3. The standard InChI is InChI=1S/C39H42N6O8S2.2C29H24Cl2N2O6/c1-25-17-26(2)36(27(3)18-25)55(50,51)45-32-13-7-8-14-33(32)54-38(45)43-31(37(47)48)21-42-35(46)24-52-30-19-29(20-41-34-15-9-10-16-40-34)44(22-30)39(49)53-23-28-11-5-4-6-12-28;2*1-15-19-7-2-3-8-22(19)32-27(15)28(37)33-23(29(38)39)14-25(36)26-20(30)12-17(13-21(26)31)24(35)10-9-16-5-4-6-18(34)11-16/h4-18,29-31H,19-24H2,1-3H3,(H3,40,41,42,46,47,48);2*2-8,11-13,23,32,34H,9-10,14H2,1H3,(H,33,37)(H,38,39)/p+1. The highest BCUT2D eigenvalue weighted by Crippen LogP contribution is 2.35. The van der Waals surface area contributed by atoms with E-state index in [1.165, 1.54) is 36.4 Å². The number of fused-ring (bicyclic) bond motifs is 3. The molecule has 0 saturated carbocycles. The molecule has 36 heteroatoms. The predicted molar refractivity (Wildman–Crippen MR) is 504 cm³/mol. The minimum atomic E-state index is -4.19. The van der Waals surface area contributed by atoms with Gasteiger partial charge < -0.3 is 71.1 Å². The second-order valence-corrected chi connectivity index (χ2v) is 35.8. The first-order valence-corrected chi connectivity index (χ1v) is 45.4. The largest absolute Gasteiger partial charge is 0.508 e. The molecule has 0 bridgehead atoms. The maximum absolute atomic E-state index is 14.3. The van der Waals surface area contributed by atoms with E-state index in [1.54, 1.807) is 142 Å². The summed E-state index contributed by atoms with van der Waals surface area (Å²) < 4.78 is 41.8. The SMILES string of the molecule is Cc1c(C(=O)NC(CC(=O)c2c(Cl)cc(C(=O)CCc3cccc(O)c3)cc2Cl)C(=O)O)[nH]c2ccccc12.Cc1c(C(=O)NC(CC(=O)c2c(Cl)cc(C(=O)CCc3cccc(O)c3)cc2Cl)C(=O)O)[nH]c2ccccc12.Cc1cc(C)c(S(=O)(=O)[n+]2c(NC(CNC(=O)COC3CC(CNc4ccccn4)N(C(=O)OCc4ccccc4)C3)C(=O)O)sc3ccccc32)c(C)c1. The molecule has 0 aliphatic carbocycles. The number of hydrogen-bond donors (Lipinski definition) is 12. The van der Waals surface area contributed by atoms with Crippen molar-refractivity contribution in [3.05, 3.63) is 311 Å². The van der Waals surface area contributed by atoms with E-state index >= 15 is 0 Å². The monoisotopic (exact) mass is 1920 g/mol. The van der Waals surface area contributed by atoms with Crippen LogP contribution in [0, 0.1) is 34.6 Å². The highest BCUT2D eigenvalue weighted by molar-refractivity contribution is 7.85. The van der Waals surface area contributed by atoms with Gasteiger partial charge in [0.1, 0.15) is 58.9 Å². The van der Waals surface area contributed by atoms with Gasteiger partial charge in [-0.25, -0.2) is 29.5 Å². The molecule has 9 aromatic carbocycles. The van der Waals surface area contributed by atoms with E-state index in [-0.39, 0.29) is 125 Å². The number of ketones is 4. The second-order valence-electron chi connectivity index (χ2n) is 31.5. The van der Waals surface area contributed by atoms with Gasteiger partial charge in [0.05, 0.1) is 61.2 Å². The summed E-state index contributed by atoms with van der Waals surface area (Å²) in [7, 11) is -4.19. The normalized spacial score (nSPS) is 13.6. The molecule has 1 saturated heterocycles. The molecule has 688 valence electrons. The quantitative estimate of drug-likeness (QED) is 0.0130. The second kappa shape index (κ2) is 44.4. The molecule has 5 atom stereocenters. The number of ether oxygens (including phenoxy) is 2. The number of aryl methyl sites for hydroxylation is 7. The third-order valence-corrected chi connectivity index (χ3v) is 26.3. The van der Waals surface area contributed by atoms with Gasteiger partial charge in [0, 0.05) is 71.4 Å². The van der Waals surface area contributed by atoms with E-state index in [1.807, 2.05) is 73.7 Å². The predicted octanol–water partition coefficient (Wildman–Crippen LogP) is 16.2. The first-order valence-electron chi connectivity index (χ1n) is 41.7. The smallest absolute Gasteiger partial charge is 0.410 e. The van der Waals surface area contributed by atoms with E-state index in [2.05, 4.69) is 41.5 Å². The third kappa shape index (κ3) is 24.9. The number of phenols is 2. The Morgan fingerprint density at radius 1 is 0.556 bits per heavy atom. The average Bonchev–Trinajstić information content (AvgIpc) is 1.60. The van der Waals surface area contributed by atoms with Gasteiger partial charge >= 0.3 is 39.2 Å². The molecular weight excluding hydrogens is 1830 g/mol. The van der Waals surface area contributed by atoms with Crippen molar-refractivity contribution in [2.24, 2.45) is 0 Å².